The molecule has 0 fully saturated rings. The van der Waals surface area contributed by atoms with Gasteiger partial charge in [0.2, 0.25) is 4.96 Å². The molecule has 0 bridgehead atoms. The van der Waals surface area contributed by atoms with Crippen molar-refractivity contribution in [3.05, 3.63) is 80.4 Å². The van der Waals surface area contributed by atoms with Gasteiger partial charge >= 0.3 is 0 Å². The van der Waals surface area contributed by atoms with Crippen LogP contribution in [0.2, 0.25) is 0 Å². The van der Waals surface area contributed by atoms with Crippen LogP contribution in [0.5, 0.6) is 11.5 Å². The second-order valence-electron chi connectivity index (χ2n) is 7.44. The fraction of sp³-hybridized carbons (Fsp3) is 0.208. The minimum absolute atomic E-state index is 0.189. The Morgan fingerprint density at radius 1 is 1.06 bits per heavy atom. The molecule has 0 atom stereocenters. The lowest BCUT2D eigenvalue weighted by Crippen LogP contribution is -2.23. The van der Waals surface area contributed by atoms with Crippen molar-refractivity contribution in [2.45, 2.75) is 13.8 Å². The summed E-state index contributed by atoms with van der Waals surface area (Å²) < 4.78 is 13.2. The second kappa shape index (κ2) is 9.14. The van der Waals surface area contributed by atoms with E-state index < -0.39 is 0 Å². The largest absolute Gasteiger partial charge is 0.493 e. The van der Waals surface area contributed by atoms with E-state index in [0.717, 1.165) is 11.1 Å². The lowest BCUT2D eigenvalue weighted by atomic mass is 10.2. The smallest absolute Gasteiger partial charge is 0.291 e. The molecule has 2 aromatic heterocycles. The van der Waals surface area contributed by atoms with Crippen molar-refractivity contribution in [3.63, 3.8) is 0 Å². The highest BCUT2D eigenvalue weighted by atomic mass is 32.1. The second-order valence-corrected chi connectivity index (χ2v) is 8.45. The Labute approximate surface area is 184 Å². The molecule has 7 heteroatoms. The van der Waals surface area contributed by atoms with E-state index in [1.807, 2.05) is 60.7 Å². The first-order valence-corrected chi connectivity index (χ1v) is 10.8. The molecule has 158 valence electrons. The zero-order valence-electron chi connectivity index (χ0n) is 17.6. The van der Waals surface area contributed by atoms with Gasteiger partial charge < -0.3 is 9.47 Å². The van der Waals surface area contributed by atoms with E-state index >= 15 is 0 Å². The maximum atomic E-state index is 12.8. The Morgan fingerprint density at radius 3 is 2.58 bits per heavy atom. The molecular weight excluding hydrogens is 410 g/mol. The van der Waals surface area contributed by atoms with E-state index in [0.29, 0.717) is 39.3 Å². The predicted octanol–water partition coefficient (Wildman–Crippen LogP) is 3.91. The van der Waals surface area contributed by atoms with Gasteiger partial charge in [-0.25, -0.2) is 0 Å². The van der Waals surface area contributed by atoms with Gasteiger partial charge in [0, 0.05) is 0 Å². The lowest BCUT2D eigenvalue weighted by molar-refractivity contribution is 0.257. The van der Waals surface area contributed by atoms with E-state index in [2.05, 4.69) is 23.9 Å². The first-order valence-electron chi connectivity index (χ1n) is 9.99. The molecule has 4 rings (SSSR count). The summed E-state index contributed by atoms with van der Waals surface area (Å²) in [6, 6.07) is 15.5. The van der Waals surface area contributed by atoms with E-state index in [-0.39, 0.29) is 5.56 Å². The Kier molecular flexibility index (Phi) is 6.13. The van der Waals surface area contributed by atoms with Crippen molar-refractivity contribution in [1.82, 2.24) is 14.6 Å². The molecule has 2 aromatic carbocycles. The van der Waals surface area contributed by atoms with Gasteiger partial charge in [0.25, 0.3) is 5.56 Å². The number of fused-ring (bicyclic) bond motifs is 1. The zero-order valence-corrected chi connectivity index (χ0v) is 18.4. The summed E-state index contributed by atoms with van der Waals surface area (Å²) in [5, 5.41) is 4.33. The van der Waals surface area contributed by atoms with Crippen molar-refractivity contribution in [1.29, 1.82) is 0 Å². The molecule has 0 aliphatic rings. The van der Waals surface area contributed by atoms with Crippen molar-refractivity contribution in [2.24, 2.45) is 5.92 Å². The van der Waals surface area contributed by atoms with Gasteiger partial charge in [0.1, 0.15) is 0 Å². The number of nitrogens with zero attached hydrogens (tertiary/aromatic N) is 3. The summed E-state index contributed by atoms with van der Waals surface area (Å²) in [6.07, 6.45) is 5.54. The maximum Gasteiger partial charge on any atom is 0.291 e. The van der Waals surface area contributed by atoms with Gasteiger partial charge in [-0.1, -0.05) is 67.7 Å². The summed E-state index contributed by atoms with van der Waals surface area (Å²) in [5.74, 6) is 2.25. The number of rotatable bonds is 7. The number of hydrogen-bond donors (Lipinski definition) is 0. The predicted molar refractivity (Wildman–Crippen MR) is 125 cm³/mol. The van der Waals surface area contributed by atoms with Crippen molar-refractivity contribution in [3.8, 4) is 11.5 Å². The normalized spacial score (nSPS) is 12.3. The highest BCUT2D eigenvalue weighted by molar-refractivity contribution is 7.15. The summed E-state index contributed by atoms with van der Waals surface area (Å²) in [5.41, 5.74) is 1.71. The first-order chi connectivity index (χ1) is 15.0. The van der Waals surface area contributed by atoms with E-state index in [1.165, 1.54) is 15.9 Å². The van der Waals surface area contributed by atoms with Gasteiger partial charge in [-0.2, -0.15) is 9.50 Å². The van der Waals surface area contributed by atoms with Crippen LogP contribution in [0.3, 0.4) is 0 Å². The van der Waals surface area contributed by atoms with Crippen LogP contribution < -0.4 is 19.6 Å². The van der Waals surface area contributed by atoms with Crippen LogP contribution in [0.15, 0.2) is 53.3 Å². The topological polar surface area (TPSA) is 65.7 Å². The fourth-order valence-electron chi connectivity index (χ4n) is 2.96. The standard InChI is InChI=1S/C24H23N3O3S/c1-16(2)15-30-19-11-9-18(13-20(19)29-3)14-21-23(28)27-24(31-21)25-22(26-27)12-10-17-7-5-4-6-8-17/h4-14,16H,15H2,1-3H3/b12-10+,21-14+. The Morgan fingerprint density at radius 2 is 1.87 bits per heavy atom. The van der Waals surface area contributed by atoms with Crippen LogP contribution in [0.1, 0.15) is 30.8 Å². The molecule has 0 saturated carbocycles. The number of thiazole rings is 1. The van der Waals surface area contributed by atoms with Crippen LogP contribution in [0.25, 0.3) is 23.2 Å². The van der Waals surface area contributed by atoms with Crippen LogP contribution >= 0.6 is 11.3 Å². The molecule has 0 amide bonds. The van der Waals surface area contributed by atoms with Gasteiger partial charge in [-0.05, 0) is 41.3 Å². The van der Waals surface area contributed by atoms with E-state index in [1.54, 1.807) is 13.2 Å². The maximum absolute atomic E-state index is 12.8. The van der Waals surface area contributed by atoms with E-state index in [4.69, 9.17) is 9.47 Å². The third-order valence-corrected chi connectivity index (χ3v) is 5.44. The monoisotopic (exact) mass is 433 g/mol. The van der Waals surface area contributed by atoms with E-state index in [9.17, 15) is 4.79 Å². The molecule has 0 aliphatic carbocycles. The van der Waals surface area contributed by atoms with Gasteiger partial charge in [-0.3, -0.25) is 4.79 Å². The van der Waals surface area contributed by atoms with Gasteiger partial charge in [-0.15, -0.1) is 5.10 Å². The third-order valence-electron chi connectivity index (χ3n) is 4.48. The van der Waals surface area contributed by atoms with Gasteiger partial charge in [0.15, 0.2) is 17.3 Å². The molecule has 0 radical (unpaired) electrons. The average Bonchev–Trinajstić information content (AvgIpc) is 3.30. The highest BCUT2D eigenvalue weighted by Crippen LogP contribution is 2.28. The number of aromatic nitrogens is 3. The number of ether oxygens (including phenoxy) is 2. The third kappa shape index (κ3) is 4.83. The number of methoxy groups -OCH3 is 1. The molecule has 0 unspecified atom stereocenters. The Bertz CT molecular complexity index is 1320. The van der Waals surface area contributed by atoms with Crippen LogP contribution in [-0.2, 0) is 0 Å². The minimum atomic E-state index is -0.189. The molecule has 0 saturated heterocycles. The Balaban J connectivity index is 1.61. The molecule has 0 N–H and O–H groups in total. The van der Waals surface area contributed by atoms with Crippen LogP contribution in [0, 0.1) is 5.92 Å². The Hall–Kier alpha value is -3.45. The molecule has 6 nitrogen and oxygen atoms in total. The molecule has 0 spiro atoms. The quantitative estimate of drug-likeness (QED) is 0.442. The fourth-order valence-corrected chi connectivity index (χ4v) is 3.87. The summed E-state index contributed by atoms with van der Waals surface area (Å²) in [6.45, 7) is 4.79. The molecule has 4 aromatic rings. The number of benzene rings is 2. The molecule has 31 heavy (non-hydrogen) atoms. The zero-order chi connectivity index (χ0) is 21.8. The van der Waals surface area contributed by atoms with Crippen LogP contribution in [0.4, 0.5) is 0 Å². The first kappa shape index (κ1) is 20.8. The minimum Gasteiger partial charge on any atom is -0.493 e. The molecule has 2 heterocycles. The van der Waals surface area contributed by atoms with Crippen molar-refractivity contribution >= 4 is 34.5 Å². The summed E-state index contributed by atoms with van der Waals surface area (Å²) in [4.78, 5) is 17.8. The summed E-state index contributed by atoms with van der Waals surface area (Å²) >= 11 is 1.31. The van der Waals surface area contributed by atoms with Crippen molar-refractivity contribution in [2.75, 3.05) is 13.7 Å². The summed E-state index contributed by atoms with van der Waals surface area (Å²) in [7, 11) is 1.61. The molecule has 0 aliphatic heterocycles. The highest BCUT2D eigenvalue weighted by Gasteiger charge is 2.10. The van der Waals surface area contributed by atoms with Crippen LogP contribution in [-0.4, -0.2) is 28.3 Å². The average molecular weight is 434 g/mol. The van der Waals surface area contributed by atoms with Crippen molar-refractivity contribution < 1.29 is 9.47 Å². The lowest BCUT2D eigenvalue weighted by Gasteiger charge is -2.12. The molecular formula is C24H23N3O3S. The number of hydrogen-bond acceptors (Lipinski definition) is 6. The SMILES string of the molecule is COc1cc(/C=c2/sc3nc(/C=C/c4ccccc4)nn3c2=O)ccc1OCC(C)C. The van der Waals surface area contributed by atoms with Gasteiger partial charge in [0.05, 0.1) is 18.2 Å².